The maximum absolute atomic E-state index is 13.0. The number of rotatable bonds is 8. The lowest BCUT2D eigenvalue weighted by molar-refractivity contribution is -0.129. The zero-order chi connectivity index (χ0) is 18.4. The van der Waals surface area contributed by atoms with Crippen molar-refractivity contribution < 1.29 is 14.8 Å². The largest absolute Gasteiger partial charge is 0.294 e. The highest BCUT2D eigenvalue weighted by Gasteiger charge is 2.22. The topological polar surface area (TPSA) is 79.3 Å². The highest BCUT2D eigenvalue weighted by molar-refractivity contribution is 6.08. The zero-order valence-corrected chi connectivity index (χ0v) is 15.1. The number of fused-ring (bicyclic) bond motifs is 2. The average molecular weight is 354 g/mol. The fourth-order valence-electron chi connectivity index (χ4n) is 3.80. The summed E-state index contributed by atoms with van der Waals surface area (Å²) in [5, 5.41) is 9.45. The molecule has 138 valence electrons. The number of para-hydroxylation sites is 1. The van der Waals surface area contributed by atoms with Gasteiger partial charge in [0.15, 0.2) is 5.78 Å². The molecule has 0 spiro atoms. The van der Waals surface area contributed by atoms with Gasteiger partial charge in [0.2, 0.25) is 5.91 Å². The van der Waals surface area contributed by atoms with E-state index in [1.54, 1.807) is 5.48 Å². The van der Waals surface area contributed by atoms with E-state index in [4.69, 9.17) is 10.2 Å². The van der Waals surface area contributed by atoms with E-state index in [9.17, 15) is 9.59 Å². The molecule has 2 aromatic rings. The van der Waals surface area contributed by atoms with Gasteiger partial charge >= 0.3 is 0 Å². The standard InChI is InChI=1S/C21H26N2O3/c24-19(13-3-1-2-4-14-20(25)23-26)21-15-9-5-7-11-17(15)22-18-12-8-6-10-16(18)21/h5,7,9,11,26H,1-4,6,8,10,12-14H2,(H,23,25). The lowest BCUT2D eigenvalue weighted by atomic mass is 9.87. The van der Waals surface area contributed by atoms with Crippen LogP contribution in [0.25, 0.3) is 10.9 Å². The van der Waals surface area contributed by atoms with E-state index in [1.807, 2.05) is 24.3 Å². The third-order valence-corrected chi connectivity index (χ3v) is 5.13. The highest BCUT2D eigenvalue weighted by Crippen LogP contribution is 2.30. The fraction of sp³-hybridized carbons (Fsp3) is 0.476. The number of unbranched alkanes of at least 4 members (excludes halogenated alkanes) is 3. The molecule has 1 aromatic heterocycles. The Kier molecular flexibility index (Phi) is 6.34. The van der Waals surface area contributed by atoms with E-state index >= 15 is 0 Å². The van der Waals surface area contributed by atoms with Gasteiger partial charge in [-0.25, -0.2) is 5.48 Å². The van der Waals surface area contributed by atoms with Gasteiger partial charge in [-0.15, -0.1) is 0 Å². The van der Waals surface area contributed by atoms with Crippen LogP contribution in [-0.2, 0) is 17.6 Å². The van der Waals surface area contributed by atoms with Gasteiger partial charge in [0.25, 0.3) is 0 Å². The summed E-state index contributed by atoms with van der Waals surface area (Å²) >= 11 is 0. The van der Waals surface area contributed by atoms with E-state index in [2.05, 4.69) is 0 Å². The van der Waals surface area contributed by atoms with E-state index < -0.39 is 0 Å². The second-order valence-corrected chi connectivity index (χ2v) is 7.01. The lowest BCUT2D eigenvalue weighted by Gasteiger charge is -2.20. The minimum Gasteiger partial charge on any atom is -0.294 e. The van der Waals surface area contributed by atoms with Crippen LogP contribution in [0.1, 0.15) is 73.0 Å². The van der Waals surface area contributed by atoms with Gasteiger partial charge in [-0.3, -0.25) is 19.8 Å². The Morgan fingerprint density at radius 3 is 2.54 bits per heavy atom. The average Bonchev–Trinajstić information content (AvgIpc) is 2.68. The molecule has 0 saturated heterocycles. The summed E-state index contributed by atoms with van der Waals surface area (Å²) in [7, 11) is 0. The van der Waals surface area contributed by atoms with Crippen LogP contribution in [0.2, 0.25) is 0 Å². The first-order valence-corrected chi connectivity index (χ1v) is 9.57. The van der Waals surface area contributed by atoms with Gasteiger partial charge in [-0.2, -0.15) is 0 Å². The first-order valence-electron chi connectivity index (χ1n) is 9.57. The summed E-state index contributed by atoms with van der Waals surface area (Å²) in [6.07, 6.45) is 8.40. The van der Waals surface area contributed by atoms with Crippen molar-refractivity contribution in [3.05, 3.63) is 41.1 Å². The smallest absolute Gasteiger partial charge is 0.243 e. The van der Waals surface area contributed by atoms with E-state index in [0.29, 0.717) is 12.8 Å². The number of nitrogens with zero attached hydrogens (tertiary/aromatic N) is 1. The summed E-state index contributed by atoms with van der Waals surface area (Å²) in [5.74, 6) is -0.134. The summed E-state index contributed by atoms with van der Waals surface area (Å²) in [6.45, 7) is 0. The third kappa shape index (κ3) is 4.28. The van der Waals surface area contributed by atoms with Gasteiger partial charge in [0.05, 0.1) is 5.52 Å². The van der Waals surface area contributed by atoms with Crippen molar-refractivity contribution >= 4 is 22.6 Å². The molecule has 5 nitrogen and oxygen atoms in total. The Hall–Kier alpha value is -2.27. The summed E-state index contributed by atoms with van der Waals surface area (Å²) in [6, 6.07) is 7.95. The van der Waals surface area contributed by atoms with Crippen molar-refractivity contribution in [1.82, 2.24) is 10.5 Å². The number of aromatic nitrogens is 1. The summed E-state index contributed by atoms with van der Waals surface area (Å²) in [5.41, 5.74) is 5.73. The Morgan fingerprint density at radius 2 is 1.73 bits per heavy atom. The number of hydroxylamine groups is 1. The Morgan fingerprint density at radius 1 is 1.00 bits per heavy atom. The van der Waals surface area contributed by atoms with Crippen LogP contribution in [0.3, 0.4) is 0 Å². The van der Waals surface area contributed by atoms with Crippen LogP contribution in [-0.4, -0.2) is 21.9 Å². The number of nitrogens with one attached hydrogen (secondary N) is 1. The normalized spacial score (nSPS) is 13.4. The molecule has 0 atom stereocenters. The van der Waals surface area contributed by atoms with Crippen molar-refractivity contribution in [2.45, 2.75) is 64.2 Å². The number of benzene rings is 1. The lowest BCUT2D eigenvalue weighted by Crippen LogP contribution is -2.17. The molecule has 0 aliphatic heterocycles. The van der Waals surface area contributed by atoms with Crippen LogP contribution >= 0.6 is 0 Å². The SMILES string of the molecule is O=C(CCCCCCC(=O)c1c2c(nc3ccccc13)CCCC2)NO. The molecule has 26 heavy (non-hydrogen) atoms. The minimum absolute atomic E-state index is 0.217. The number of carbonyl (C=O) groups is 2. The molecule has 1 aliphatic rings. The zero-order valence-electron chi connectivity index (χ0n) is 15.1. The second kappa shape index (κ2) is 8.90. The number of pyridine rings is 1. The number of ketones is 1. The molecule has 1 aromatic carbocycles. The Bertz CT molecular complexity index is 801. The van der Waals surface area contributed by atoms with Crippen molar-refractivity contribution in [1.29, 1.82) is 0 Å². The maximum atomic E-state index is 13.0. The van der Waals surface area contributed by atoms with Crippen molar-refractivity contribution in [2.24, 2.45) is 0 Å². The number of Topliss-reactive ketones (excluding diaryl/α,β-unsaturated/α-hetero) is 1. The second-order valence-electron chi connectivity index (χ2n) is 7.01. The minimum atomic E-state index is -0.351. The van der Waals surface area contributed by atoms with Crippen LogP contribution in [0.15, 0.2) is 24.3 Å². The van der Waals surface area contributed by atoms with Gasteiger partial charge in [0, 0.05) is 29.5 Å². The molecular formula is C21H26N2O3. The molecule has 0 bridgehead atoms. The predicted octanol–water partition coefficient (Wildman–Crippen LogP) is 4.14. The van der Waals surface area contributed by atoms with Crippen molar-refractivity contribution in [3.63, 3.8) is 0 Å². The first-order chi connectivity index (χ1) is 12.7. The van der Waals surface area contributed by atoms with Crippen LogP contribution in [0.4, 0.5) is 0 Å². The van der Waals surface area contributed by atoms with Crippen LogP contribution in [0.5, 0.6) is 0 Å². The van der Waals surface area contributed by atoms with Crippen molar-refractivity contribution in [3.8, 4) is 0 Å². The molecule has 0 saturated carbocycles. The Balaban J connectivity index is 1.67. The number of amides is 1. The number of carbonyl (C=O) groups excluding carboxylic acids is 2. The molecule has 0 unspecified atom stereocenters. The molecule has 0 fully saturated rings. The molecule has 2 N–H and O–H groups in total. The quantitative estimate of drug-likeness (QED) is 0.323. The summed E-state index contributed by atoms with van der Waals surface area (Å²) < 4.78 is 0. The fourth-order valence-corrected chi connectivity index (χ4v) is 3.80. The van der Waals surface area contributed by atoms with Crippen LogP contribution in [0, 0.1) is 0 Å². The molecule has 5 heteroatoms. The van der Waals surface area contributed by atoms with Crippen molar-refractivity contribution in [2.75, 3.05) is 0 Å². The van der Waals surface area contributed by atoms with E-state index in [-0.39, 0.29) is 11.7 Å². The van der Waals surface area contributed by atoms with E-state index in [0.717, 1.165) is 73.5 Å². The number of hydrogen-bond acceptors (Lipinski definition) is 4. The molecule has 3 rings (SSSR count). The summed E-state index contributed by atoms with van der Waals surface area (Å²) in [4.78, 5) is 28.8. The molecule has 0 radical (unpaired) electrons. The maximum Gasteiger partial charge on any atom is 0.243 e. The molecule has 1 amide bonds. The number of hydrogen-bond donors (Lipinski definition) is 2. The van der Waals surface area contributed by atoms with Gasteiger partial charge in [-0.05, 0) is 50.2 Å². The van der Waals surface area contributed by atoms with E-state index in [1.165, 1.54) is 5.56 Å². The van der Waals surface area contributed by atoms with Crippen LogP contribution < -0.4 is 5.48 Å². The monoisotopic (exact) mass is 354 g/mol. The first kappa shape index (κ1) is 18.5. The predicted molar refractivity (Wildman–Crippen MR) is 100 cm³/mol. The number of aryl methyl sites for hydroxylation is 1. The molecule has 1 aliphatic carbocycles. The van der Waals surface area contributed by atoms with Gasteiger partial charge < -0.3 is 0 Å². The van der Waals surface area contributed by atoms with Gasteiger partial charge in [0.1, 0.15) is 0 Å². The highest BCUT2D eigenvalue weighted by atomic mass is 16.5. The van der Waals surface area contributed by atoms with Gasteiger partial charge in [-0.1, -0.05) is 31.0 Å². The molecular weight excluding hydrogens is 328 g/mol. The third-order valence-electron chi connectivity index (χ3n) is 5.13. The Labute approximate surface area is 153 Å². The molecule has 1 heterocycles.